The molecule has 0 aromatic heterocycles. The second kappa shape index (κ2) is 22.3. The molecule has 0 atom stereocenters. The third-order valence-corrected chi connectivity index (χ3v) is 2.24. The van der Waals surface area contributed by atoms with Crippen molar-refractivity contribution in [2.45, 2.75) is 55.4 Å². The Bertz CT molecular complexity index is 408. The average Bonchev–Trinajstić information content (AvgIpc) is 2.69. The lowest BCUT2D eigenvalue weighted by molar-refractivity contribution is 1.49. The van der Waals surface area contributed by atoms with Gasteiger partial charge in [0.25, 0.3) is 0 Å². The fourth-order valence-electron chi connectivity index (χ4n) is 1.41. The first-order chi connectivity index (χ1) is 11.4. The van der Waals surface area contributed by atoms with Crippen molar-refractivity contribution in [1.29, 1.82) is 0 Å². The van der Waals surface area contributed by atoms with Crippen molar-refractivity contribution >= 4 is 17.1 Å². The van der Waals surface area contributed by atoms with Crippen LogP contribution in [0.2, 0.25) is 0 Å². The van der Waals surface area contributed by atoms with Crippen LogP contribution in [-0.2, 0) is 0 Å². The van der Waals surface area contributed by atoms with Crippen molar-refractivity contribution in [1.82, 2.24) is 0 Å². The molecule has 2 aromatic rings. The van der Waals surface area contributed by atoms with Gasteiger partial charge in [0.15, 0.2) is 0 Å². The zero-order chi connectivity index (χ0) is 18.5. The van der Waals surface area contributed by atoms with Crippen molar-refractivity contribution in [2.24, 2.45) is 0 Å². The second-order valence-electron chi connectivity index (χ2n) is 3.32. The molecule has 0 fully saturated rings. The van der Waals surface area contributed by atoms with E-state index in [4.69, 9.17) is 0 Å². The van der Waals surface area contributed by atoms with Gasteiger partial charge < -0.3 is 10.6 Å². The summed E-state index contributed by atoms with van der Waals surface area (Å²) >= 11 is 0. The fraction of sp³-hybridized carbons (Fsp3) is 0.429. The maximum absolute atomic E-state index is 3.33. The van der Waals surface area contributed by atoms with Crippen LogP contribution in [0.5, 0.6) is 0 Å². The van der Waals surface area contributed by atoms with Gasteiger partial charge in [-0.05, 0) is 36.4 Å². The summed E-state index contributed by atoms with van der Waals surface area (Å²) in [7, 11) is 1.92. The number of hydrogen-bond acceptors (Lipinski definition) is 2. The van der Waals surface area contributed by atoms with Crippen LogP contribution in [0.3, 0.4) is 0 Å². The number of anilines is 3. The van der Waals surface area contributed by atoms with Gasteiger partial charge in [0.05, 0.1) is 0 Å². The predicted octanol–water partition coefficient (Wildman–Crippen LogP) is 7.58. The van der Waals surface area contributed by atoms with Crippen molar-refractivity contribution < 1.29 is 0 Å². The molecule has 0 radical (unpaired) electrons. The van der Waals surface area contributed by atoms with E-state index in [1.165, 1.54) is 0 Å². The van der Waals surface area contributed by atoms with Crippen molar-refractivity contribution in [3.8, 4) is 0 Å². The van der Waals surface area contributed by atoms with E-state index in [2.05, 4.69) is 22.8 Å². The molecule has 0 aliphatic heterocycles. The third kappa shape index (κ3) is 13.4. The highest BCUT2D eigenvalue weighted by atomic mass is 14.9. The summed E-state index contributed by atoms with van der Waals surface area (Å²) in [6.07, 6.45) is 0. The lowest BCUT2D eigenvalue weighted by Gasteiger charge is -2.06. The van der Waals surface area contributed by atoms with Crippen molar-refractivity contribution in [3.63, 3.8) is 0 Å². The molecular weight excluding hydrogens is 280 g/mol. The van der Waals surface area contributed by atoms with Crippen LogP contribution < -0.4 is 10.6 Å². The summed E-state index contributed by atoms with van der Waals surface area (Å²) in [6.45, 7) is 16.0. The van der Waals surface area contributed by atoms with E-state index in [0.29, 0.717) is 0 Å². The van der Waals surface area contributed by atoms with Gasteiger partial charge in [-0.2, -0.15) is 0 Å². The van der Waals surface area contributed by atoms with Gasteiger partial charge in [-0.1, -0.05) is 73.6 Å². The summed E-state index contributed by atoms with van der Waals surface area (Å²) < 4.78 is 0. The van der Waals surface area contributed by atoms with Crippen molar-refractivity contribution in [3.05, 3.63) is 54.6 Å². The molecule has 2 N–H and O–H groups in total. The van der Waals surface area contributed by atoms with Crippen LogP contribution in [0, 0.1) is 0 Å². The minimum Gasteiger partial charge on any atom is -0.388 e. The van der Waals surface area contributed by atoms with Crippen LogP contribution in [-0.4, -0.2) is 7.05 Å². The normalized spacial score (nSPS) is 7.35. The van der Waals surface area contributed by atoms with E-state index in [1.54, 1.807) is 0 Å². The minimum absolute atomic E-state index is 1.10. The van der Waals surface area contributed by atoms with Crippen LogP contribution in [0.15, 0.2) is 54.6 Å². The van der Waals surface area contributed by atoms with Gasteiger partial charge >= 0.3 is 0 Å². The van der Waals surface area contributed by atoms with Crippen LogP contribution in [0.1, 0.15) is 55.4 Å². The highest BCUT2D eigenvalue weighted by molar-refractivity contribution is 5.62. The molecule has 0 aliphatic rings. The maximum Gasteiger partial charge on any atom is 0.0385 e. The summed E-state index contributed by atoms with van der Waals surface area (Å²) in [5, 5.41) is 6.42. The van der Waals surface area contributed by atoms with Crippen molar-refractivity contribution in [2.75, 3.05) is 17.7 Å². The quantitative estimate of drug-likeness (QED) is 0.609. The molecule has 2 heteroatoms. The molecule has 2 rings (SSSR count). The van der Waals surface area contributed by atoms with E-state index in [-0.39, 0.29) is 0 Å². The van der Waals surface area contributed by atoms with Gasteiger partial charge in [0.1, 0.15) is 0 Å². The van der Waals surface area contributed by atoms with Gasteiger partial charge in [0, 0.05) is 24.1 Å². The van der Waals surface area contributed by atoms with Crippen LogP contribution in [0.4, 0.5) is 17.1 Å². The zero-order valence-corrected chi connectivity index (χ0v) is 16.7. The molecule has 2 nitrogen and oxygen atoms in total. The molecule has 0 aliphatic carbocycles. The smallest absolute Gasteiger partial charge is 0.0385 e. The van der Waals surface area contributed by atoms with E-state index in [1.807, 2.05) is 105 Å². The lowest BCUT2D eigenvalue weighted by Crippen LogP contribution is -1.91. The Morgan fingerprint density at radius 2 is 0.826 bits per heavy atom. The summed E-state index contributed by atoms with van der Waals surface area (Å²) in [6, 6.07) is 18.3. The molecule has 0 heterocycles. The molecule has 23 heavy (non-hydrogen) atoms. The average molecular weight is 319 g/mol. The summed E-state index contributed by atoms with van der Waals surface area (Å²) in [5.41, 5.74) is 3.32. The van der Waals surface area contributed by atoms with Gasteiger partial charge in [-0.3, -0.25) is 0 Å². The molecule has 0 saturated carbocycles. The number of nitrogens with one attached hydrogen (secondary N) is 2. The predicted molar refractivity (Wildman–Crippen MR) is 111 cm³/mol. The van der Waals surface area contributed by atoms with Crippen LogP contribution >= 0.6 is 0 Å². The highest BCUT2D eigenvalue weighted by Crippen LogP contribution is 2.17. The Kier molecular flexibility index (Phi) is 25.2. The second-order valence-corrected chi connectivity index (χ2v) is 3.32. The SMILES string of the molecule is CC.CC.CC.CC.CNc1ccc(Nc2ccccc2)cc1. The Morgan fingerprint density at radius 1 is 0.478 bits per heavy atom. The molecule has 0 amide bonds. The molecule has 0 unspecified atom stereocenters. The third-order valence-electron chi connectivity index (χ3n) is 2.24. The van der Waals surface area contributed by atoms with E-state index >= 15 is 0 Å². The lowest BCUT2D eigenvalue weighted by atomic mass is 10.2. The largest absolute Gasteiger partial charge is 0.388 e. The molecular formula is C21H38N2. The Morgan fingerprint density at radius 3 is 1.22 bits per heavy atom. The Labute approximate surface area is 145 Å². The highest BCUT2D eigenvalue weighted by Gasteiger charge is 1.93. The van der Waals surface area contributed by atoms with Gasteiger partial charge in [-0.15, -0.1) is 0 Å². The number of para-hydroxylation sites is 1. The number of hydrogen-bond donors (Lipinski definition) is 2. The minimum atomic E-state index is 1.10. The Hall–Kier alpha value is -1.96. The molecule has 0 bridgehead atoms. The standard InChI is InChI=1S/C13H14N2.4C2H6/c1-14-11-7-9-13(10-8-11)15-12-5-3-2-4-6-12;4*1-2/h2-10,14-15H,1H3;4*1-2H3. The Balaban J connectivity index is -0.000000438. The first-order valence-corrected chi connectivity index (χ1v) is 8.98. The van der Waals surface area contributed by atoms with E-state index < -0.39 is 0 Å². The van der Waals surface area contributed by atoms with Crippen LogP contribution in [0.25, 0.3) is 0 Å². The molecule has 0 spiro atoms. The molecule has 2 aromatic carbocycles. The summed E-state index contributed by atoms with van der Waals surface area (Å²) in [4.78, 5) is 0. The number of rotatable bonds is 3. The summed E-state index contributed by atoms with van der Waals surface area (Å²) in [5.74, 6) is 0. The van der Waals surface area contributed by atoms with Gasteiger partial charge in [0.2, 0.25) is 0 Å². The fourth-order valence-corrected chi connectivity index (χ4v) is 1.41. The van der Waals surface area contributed by atoms with E-state index in [0.717, 1.165) is 17.1 Å². The monoisotopic (exact) mass is 318 g/mol. The van der Waals surface area contributed by atoms with E-state index in [9.17, 15) is 0 Å². The molecule has 0 saturated heterocycles. The zero-order valence-electron chi connectivity index (χ0n) is 16.7. The maximum atomic E-state index is 3.33. The topological polar surface area (TPSA) is 24.1 Å². The first-order valence-electron chi connectivity index (χ1n) is 8.98. The molecule has 132 valence electrons. The number of benzene rings is 2. The first kappa shape index (κ1) is 26.0. The van der Waals surface area contributed by atoms with Gasteiger partial charge in [-0.25, -0.2) is 0 Å².